The van der Waals surface area contributed by atoms with Gasteiger partial charge in [0.2, 0.25) is 0 Å². The average molecular weight is 358 g/mol. The smallest absolute Gasteiger partial charge is 0.267 e. The van der Waals surface area contributed by atoms with Crippen molar-refractivity contribution in [1.29, 1.82) is 0 Å². The van der Waals surface area contributed by atoms with E-state index in [0.717, 1.165) is 4.90 Å². The number of pyridine rings is 1. The molecule has 0 saturated carbocycles. The van der Waals surface area contributed by atoms with E-state index in [9.17, 15) is 19.1 Å². The molecular weight excluding hydrogens is 343 g/mol. The maximum absolute atomic E-state index is 13.7. The van der Waals surface area contributed by atoms with Crippen molar-refractivity contribution in [3.63, 3.8) is 0 Å². The van der Waals surface area contributed by atoms with E-state index < -0.39 is 28.6 Å². The summed E-state index contributed by atoms with van der Waals surface area (Å²) in [5.41, 5.74) is -0.637. The van der Waals surface area contributed by atoms with E-state index in [2.05, 4.69) is 5.32 Å². The molecule has 3 aromatic rings. The van der Waals surface area contributed by atoms with Crippen molar-refractivity contribution in [3.8, 4) is 5.75 Å². The molecular formula is C18H15FN2O3S. The van der Waals surface area contributed by atoms with Crippen LogP contribution < -0.4 is 10.9 Å². The Kier molecular flexibility index (Phi) is 4.50. The first-order valence-corrected chi connectivity index (χ1v) is 8.62. The van der Waals surface area contributed by atoms with Crippen molar-refractivity contribution in [1.82, 2.24) is 4.57 Å². The molecule has 0 radical (unpaired) electrons. The Morgan fingerprint density at radius 1 is 1.24 bits per heavy atom. The van der Waals surface area contributed by atoms with Crippen LogP contribution in [0.4, 0.5) is 10.1 Å². The quantitative estimate of drug-likeness (QED) is 0.705. The summed E-state index contributed by atoms with van der Waals surface area (Å²) in [5, 5.41) is 13.2. The molecule has 3 rings (SSSR count). The lowest BCUT2D eigenvalue weighted by Gasteiger charge is -2.13. The van der Waals surface area contributed by atoms with Gasteiger partial charge in [0.1, 0.15) is 17.1 Å². The SMILES string of the molecule is CSc1ccc2c(c1)c(O)c(C(=O)Nc1ccccc1F)c(=O)n2C. The number of halogens is 1. The summed E-state index contributed by atoms with van der Waals surface area (Å²) in [4.78, 5) is 25.9. The number of carbonyl (C=O) groups is 1. The van der Waals surface area contributed by atoms with E-state index >= 15 is 0 Å². The van der Waals surface area contributed by atoms with Crippen LogP contribution in [0.15, 0.2) is 52.2 Å². The first-order valence-electron chi connectivity index (χ1n) is 7.39. The molecule has 0 aliphatic heterocycles. The summed E-state index contributed by atoms with van der Waals surface area (Å²) in [7, 11) is 1.52. The van der Waals surface area contributed by atoms with Gasteiger partial charge in [-0.2, -0.15) is 0 Å². The molecule has 1 aromatic heterocycles. The normalized spacial score (nSPS) is 10.8. The summed E-state index contributed by atoms with van der Waals surface area (Å²) < 4.78 is 15.0. The lowest BCUT2D eigenvalue weighted by molar-refractivity contribution is 0.102. The van der Waals surface area contributed by atoms with Gasteiger partial charge in [-0.3, -0.25) is 9.59 Å². The number of amides is 1. The van der Waals surface area contributed by atoms with Crippen LogP contribution in [0.2, 0.25) is 0 Å². The van der Waals surface area contributed by atoms with Crippen LogP contribution in [-0.2, 0) is 7.05 Å². The van der Waals surface area contributed by atoms with E-state index in [-0.39, 0.29) is 5.69 Å². The second-order valence-corrected chi connectivity index (χ2v) is 6.28. The van der Waals surface area contributed by atoms with Gasteiger partial charge in [-0.25, -0.2) is 4.39 Å². The number of aromatic nitrogens is 1. The highest BCUT2D eigenvalue weighted by atomic mass is 32.2. The Morgan fingerprint density at radius 2 is 1.96 bits per heavy atom. The summed E-state index contributed by atoms with van der Waals surface area (Å²) in [6.45, 7) is 0. The van der Waals surface area contributed by atoms with Gasteiger partial charge in [0.05, 0.1) is 11.2 Å². The van der Waals surface area contributed by atoms with Gasteiger partial charge in [-0.1, -0.05) is 12.1 Å². The van der Waals surface area contributed by atoms with Gasteiger partial charge in [-0.05, 0) is 36.6 Å². The first-order chi connectivity index (χ1) is 11.9. The van der Waals surface area contributed by atoms with Gasteiger partial charge >= 0.3 is 0 Å². The third-order valence-electron chi connectivity index (χ3n) is 3.92. The molecule has 0 atom stereocenters. The van der Waals surface area contributed by atoms with E-state index in [4.69, 9.17) is 0 Å². The Hall–Kier alpha value is -2.80. The second-order valence-electron chi connectivity index (χ2n) is 5.40. The van der Waals surface area contributed by atoms with Gasteiger partial charge in [-0.15, -0.1) is 11.8 Å². The molecule has 25 heavy (non-hydrogen) atoms. The number of nitrogens with one attached hydrogen (secondary N) is 1. The number of thioether (sulfide) groups is 1. The fourth-order valence-electron chi connectivity index (χ4n) is 2.59. The van der Waals surface area contributed by atoms with Gasteiger partial charge < -0.3 is 15.0 Å². The molecule has 7 heteroatoms. The monoisotopic (exact) mass is 358 g/mol. The number of fused-ring (bicyclic) bond motifs is 1. The minimum atomic E-state index is -0.861. The predicted octanol–water partition coefficient (Wildman–Crippen LogP) is 3.36. The molecule has 0 bridgehead atoms. The van der Waals surface area contributed by atoms with Crippen LogP contribution in [0, 0.1) is 5.82 Å². The van der Waals surface area contributed by atoms with Crippen molar-refractivity contribution in [3.05, 3.63) is 64.2 Å². The number of hydrogen-bond acceptors (Lipinski definition) is 4. The lowest BCUT2D eigenvalue weighted by Crippen LogP contribution is -2.28. The van der Waals surface area contributed by atoms with Crippen molar-refractivity contribution in [2.45, 2.75) is 4.90 Å². The van der Waals surface area contributed by atoms with E-state index in [0.29, 0.717) is 10.9 Å². The second kappa shape index (κ2) is 6.60. The number of para-hydroxylation sites is 1. The van der Waals surface area contributed by atoms with E-state index in [1.165, 1.54) is 41.6 Å². The largest absolute Gasteiger partial charge is 0.506 e. The Balaban J connectivity index is 2.17. The molecule has 0 saturated heterocycles. The molecule has 0 aliphatic rings. The number of carbonyl (C=O) groups excluding carboxylic acids is 1. The van der Waals surface area contributed by atoms with Crippen LogP contribution in [-0.4, -0.2) is 21.8 Å². The topological polar surface area (TPSA) is 71.3 Å². The maximum Gasteiger partial charge on any atom is 0.267 e. The Morgan fingerprint density at radius 3 is 2.64 bits per heavy atom. The number of aromatic hydroxyl groups is 1. The molecule has 0 unspecified atom stereocenters. The molecule has 5 nitrogen and oxygen atoms in total. The third kappa shape index (κ3) is 2.98. The number of anilines is 1. The zero-order chi connectivity index (χ0) is 18.1. The Labute approximate surface area is 147 Å². The number of rotatable bonds is 3. The van der Waals surface area contributed by atoms with Crippen molar-refractivity contribution < 1.29 is 14.3 Å². The van der Waals surface area contributed by atoms with Gasteiger partial charge in [0.15, 0.2) is 0 Å². The Bertz CT molecular complexity index is 1050. The van der Waals surface area contributed by atoms with E-state index in [1.54, 1.807) is 18.2 Å². The van der Waals surface area contributed by atoms with Crippen LogP contribution in [0.5, 0.6) is 5.75 Å². The fraction of sp³-hybridized carbons (Fsp3) is 0.111. The number of nitrogens with zero attached hydrogens (tertiary/aromatic N) is 1. The highest BCUT2D eigenvalue weighted by Crippen LogP contribution is 2.30. The van der Waals surface area contributed by atoms with Crippen LogP contribution in [0.1, 0.15) is 10.4 Å². The standard InChI is InChI=1S/C18H15FN2O3S/c1-21-14-8-7-10(25-2)9-11(14)16(22)15(18(21)24)17(23)20-13-6-4-3-5-12(13)19/h3-9,22H,1-2H3,(H,20,23). The lowest BCUT2D eigenvalue weighted by atomic mass is 10.1. The molecule has 2 aromatic carbocycles. The molecule has 1 amide bonds. The number of hydrogen-bond donors (Lipinski definition) is 2. The highest BCUT2D eigenvalue weighted by molar-refractivity contribution is 7.98. The minimum absolute atomic E-state index is 0.0630. The fourth-order valence-corrected chi connectivity index (χ4v) is 3.03. The molecule has 2 N–H and O–H groups in total. The number of aryl methyl sites for hydroxylation is 1. The predicted molar refractivity (Wildman–Crippen MR) is 97.0 cm³/mol. The molecule has 0 fully saturated rings. The molecule has 0 aliphatic carbocycles. The van der Waals surface area contributed by atoms with Crippen LogP contribution in [0.3, 0.4) is 0 Å². The number of benzene rings is 2. The molecule has 1 heterocycles. The third-order valence-corrected chi connectivity index (χ3v) is 4.65. The summed E-state index contributed by atoms with van der Waals surface area (Å²) in [6, 6.07) is 10.9. The average Bonchev–Trinajstić information content (AvgIpc) is 2.61. The van der Waals surface area contributed by atoms with Crippen LogP contribution >= 0.6 is 11.8 Å². The van der Waals surface area contributed by atoms with E-state index in [1.807, 2.05) is 12.3 Å². The molecule has 128 valence electrons. The first kappa shape index (κ1) is 17.0. The minimum Gasteiger partial charge on any atom is -0.506 e. The zero-order valence-corrected chi connectivity index (χ0v) is 14.4. The highest BCUT2D eigenvalue weighted by Gasteiger charge is 2.22. The van der Waals surface area contributed by atoms with Gasteiger partial charge in [0, 0.05) is 17.3 Å². The van der Waals surface area contributed by atoms with Gasteiger partial charge in [0.25, 0.3) is 11.5 Å². The zero-order valence-electron chi connectivity index (χ0n) is 13.5. The van der Waals surface area contributed by atoms with Crippen LogP contribution in [0.25, 0.3) is 10.9 Å². The maximum atomic E-state index is 13.7. The van der Waals surface area contributed by atoms with Crippen molar-refractivity contribution in [2.75, 3.05) is 11.6 Å². The summed E-state index contributed by atoms with van der Waals surface area (Å²) >= 11 is 1.47. The van der Waals surface area contributed by atoms with Crippen molar-refractivity contribution in [2.24, 2.45) is 7.05 Å². The van der Waals surface area contributed by atoms with Crippen molar-refractivity contribution >= 4 is 34.3 Å². The summed E-state index contributed by atoms with van der Waals surface area (Å²) in [5.74, 6) is -1.90. The molecule has 0 spiro atoms. The summed E-state index contributed by atoms with van der Waals surface area (Å²) in [6.07, 6.45) is 1.88.